The molecule has 8 nitrogen and oxygen atoms in total. The molecule has 210 valence electrons. The molecular formula is C24H23F5N4O4S2. The van der Waals surface area contributed by atoms with Crippen LogP contribution >= 0.6 is 11.3 Å². The highest BCUT2D eigenvalue weighted by Crippen LogP contribution is 2.35. The summed E-state index contributed by atoms with van der Waals surface area (Å²) in [5, 5.41) is 0.938. The lowest BCUT2D eigenvalue weighted by Crippen LogP contribution is -2.40. The van der Waals surface area contributed by atoms with E-state index in [1.54, 1.807) is 11.9 Å². The van der Waals surface area contributed by atoms with Gasteiger partial charge in [-0.3, -0.25) is 4.90 Å². The van der Waals surface area contributed by atoms with E-state index in [1.165, 1.54) is 6.92 Å². The summed E-state index contributed by atoms with van der Waals surface area (Å²) >= 11 is 0.758. The summed E-state index contributed by atoms with van der Waals surface area (Å²) in [6.07, 6.45) is -4.91. The third-order valence-electron chi connectivity index (χ3n) is 6.30. The van der Waals surface area contributed by atoms with E-state index in [0.29, 0.717) is 19.5 Å². The van der Waals surface area contributed by atoms with Crippen LogP contribution in [0.5, 0.6) is 0 Å². The van der Waals surface area contributed by atoms with Crippen LogP contribution in [0.25, 0.3) is 0 Å². The summed E-state index contributed by atoms with van der Waals surface area (Å²) in [5.41, 5.74) is 1.97. The van der Waals surface area contributed by atoms with Crippen LogP contribution in [0.2, 0.25) is 0 Å². The fraction of sp³-hybridized carbons (Fsp3) is 0.333. The van der Waals surface area contributed by atoms with Gasteiger partial charge in [0.1, 0.15) is 5.82 Å². The standard InChI is InChI=1S/C24H23F5N4O4S2/c1-15-19(31(2)17-8-9-32(12-17)11-16-6-4-3-5-7-16)10-18(25)22(21(15)26)39(35,36)33(20-13-38-14-30-20)37-23(34)24(27,28)29/h3-7,10,13-14,17H,8-9,11-12H2,1-2H3/t17-/m0/s1. The molecule has 1 saturated heterocycles. The van der Waals surface area contributed by atoms with E-state index in [2.05, 4.69) is 14.7 Å². The molecule has 4 rings (SSSR count). The molecule has 1 aromatic heterocycles. The molecule has 0 amide bonds. The van der Waals surface area contributed by atoms with E-state index in [0.717, 1.165) is 40.4 Å². The van der Waals surface area contributed by atoms with Gasteiger partial charge >= 0.3 is 22.2 Å². The second kappa shape index (κ2) is 11.1. The van der Waals surface area contributed by atoms with Crippen molar-refractivity contribution in [3.05, 3.63) is 70.1 Å². The topological polar surface area (TPSA) is 83.0 Å². The fourth-order valence-corrected chi connectivity index (χ4v) is 6.26. The number of likely N-dealkylation sites (tertiary alicyclic amines) is 1. The minimum Gasteiger partial charge on any atom is -0.370 e. The Morgan fingerprint density at radius 1 is 1.23 bits per heavy atom. The summed E-state index contributed by atoms with van der Waals surface area (Å²) in [7, 11) is -3.89. The van der Waals surface area contributed by atoms with E-state index in [4.69, 9.17) is 0 Å². The fourth-order valence-electron chi connectivity index (χ4n) is 4.32. The van der Waals surface area contributed by atoms with Crippen LogP contribution < -0.4 is 9.37 Å². The SMILES string of the molecule is Cc1c(N(C)[C@H]2CCN(Cc3ccccc3)C2)cc(F)c(S(=O)(=O)N(OC(=O)C(F)(F)F)c2cscn2)c1F. The van der Waals surface area contributed by atoms with Gasteiger partial charge in [-0.2, -0.15) is 21.6 Å². The molecule has 0 radical (unpaired) electrons. The lowest BCUT2D eigenvalue weighted by molar-refractivity contribution is -0.199. The molecule has 0 saturated carbocycles. The third-order valence-corrected chi connectivity index (χ3v) is 8.46. The molecule has 2 heterocycles. The van der Waals surface area contributed by atoms with Crippen LogP contribution in [0.4, 0.5) is 33.5 Å². The van der Waals surface area contributed by atoms with Crippen molar-refractivity contribution >= 4 is 38.8 Å². The van der Waals surface area contributed by atoms with Crippen LogP contribution in [0.3, 0.4) is 0 Å². The molecule has 15 heteroatoms. The van der Waals surface area contributed by atoms with Crippen molar-refractivity contribution in [3.8, 4) is 0 Å². The number of nitrogens with zero attached hydrogens (tertiary/aromatic N) is 4. The Bertz CT molecular complexity index is 1440. The van der Waals surface area contributed by atoms with Gasteiger partial charge in [-0.15, -0.1) is 11.3 Å². The minimum atomic E-state index is -5.58. The van der Waals surface area contributed by atoms with Gasteiger partial charge in [0.25, 0.3) is 0 Å². The molecule has 0 bridgehead atoms. The Kier molecular flexibility index (Phi) is 8.14. The smallest absolute Gasteiger partial charge is 0.370 e. The molecule has 2 aromatic carbocycles. The van der Waals surface area contributed by atoms with Crippen molar-refractivity contribution in [2.45, 2.75) is 37.0 Å². The molecule has 3 aromatic rings. The van der Waals surface area contributed by atoms with Crippen LogP contribution in [0.15, 0.2) is 52.2 Å². The van der Waals surface area contributed by atoms with E-state index >= 15 is 8.78 Å². The molecular weight excluding hydrogens is 567 g/mol. The van der Waals surface area contributed by atoms with Crippen molar-refractivity contribution < 1.29 is 40.0 Å². The number of carbonyl (C=O) groups is 1. The van der Waals surface area contributed by atoms with Crippen LogP contribution in [0.1, 0.15) is 17.5 Å². The number of halogens is 5. The average Bonchev–Trinajstić information content (AvgIpc) is 3.56. The average molecular weight is 591 g/mol. The van der Waals surface area contributed by atoms with Crippen LogP contribution in [0, 0.1) is 18.6 Å². The number of likely N-dealkylation sites (N-methyl/N-ethyl adjacent to an activating group) is 1. The first-order valence-electron chi connectivity index (χ1n) is 11.5. The normalized spacial score (nSPS) is 16.3. The molecule has 1 aliphatic heterocycles. The molecule has 39 heavy (non-hydrogen) atoms. The third kappa shape index (κ3) is 5.99. The number of alkyl halides is 3. The number of hydrogen-bond acceptors (Lipinski definition) is 8. The van der Waals surface area contributed by atoms with Gasteiger partial charge in [0.05, 0.1) is 5.51 Å². The molecule has 0 aliphatic carbocycles. The van der Waals surface area contributed by atoms with Gasteiger partial charge < -0.3 is 9.74 Å². The van der Waals surface area contributed by atoms with Gasteiger partial charge in [-0.05, 0) is 25.0 Å². The maximum absolute atomic E-state index is 15.5. The van der Waals surface area contributed by atoms with Crippen LogP contribution in [-0.4, -0.2) is 56.6 Å². The highest BCUT2D eigenvalue weighted by atomic mass is 32.2. The number of hydrogen-bond donors (Lipinski definition) is 0. The van der Waals surface area contributed by atoms with E-state index in [1.807, 2.05) is 30.3 Å². The second-order valence-corrected chi connectivity index (χ2v) is 11.3. The monoisotopic (exact) mass is 590 g/mol. The molecule has 1 atom stereocenters. The van der Waals surface area contributed by atoms with E-state index in [-0.39, 0.29) is 17.3 Å². The lowest BCUT2D eigenvalue weighted by Gasteiger charge is -2.29. The number of rotatable bonds is 8. The van der Waals surface area contributed by atoms with E-state index < -0.39 is 49.0 Å². The Hall–Kier alpha value is -3.30. The maximum atomic E-state index is 15.5. The molecule has 1 fully saturated rings. The van der Waals surface area contributed by atoms with Crippen molar-refractivity contribution in [2.24, 2.45) is 0 Å². The number of thiazole rings is 1. The highest BCUT2D eigenvalue weighted by Gasteiger charge is 2.46. The Morgan fingerprint density at radius 3 is 2.54 bits per heavy atom. The van der Waals surface area contributed by atoms with Gasteiger partial charge in [0.15, 0.2) is 16.5 Å². The number of aromatic nitrogens is 1. The number of anilines is 2. The number of benzene rings is 2. The lowest BCUT2D eigenvalue weighted by atomic mass is 10.1. The Labute approximate surface area is 225 Å². The van der Waals surface area contributed by atoms with Crippen molar-refractivity contribution in [1.29, 1.82) is 0 Å². The quantitative estimate of drug-likeness (QED) is 0.279. The number of sulfonamides is 1. The van der Waals surface area contributed by atoms with Crippen molar-refractivity contribution in [1.82, 2.24) is 9.88 Å². The zero-order chi connectivity index (χ0) is 28.5. The maximum Gasteiger partial charge on any atom is 0.493 e. The van der Waals surface area contributed by atoms with Crippen molar-refractivity contribution in [3.63, 3.8) is 0 Å². The molecule has 0 spiro atoms. The van der Waals surface area contributed by atoms with Gasteiger partial charge in [0, 0.05) is 49.4 Å². The zero-order valence-electron chi connectivity index (χ0n) is 20.7. The largest absolute Gasteiger partial charge is 0.493 e. The summed E-state index contributed by atoms with van der Waals surface area (Å²) in [4.78, 5) is 21.2. The highest BCUT2D eigenvalue weighted by molar-refractivity contribution is 7.92. The van der Waals surface area contributed by atoms with E-state index in [9.17, 15) is 26.4 Å². The van der Waals surface area contributed by atoms with Gasteiger partial charge in [-0.1, -0.05) is 34.8 Å². The molecule has 0 unspecified atom stereocenters. The molecule has 0 N–H and O–H groups in total. The van der Waals surface area contributed by atoms with Gasteiger partial charge in [-0.25, -0.2) is 18.6 Å². The first-order valence-corrected chi connectivity index (χ1v) is 13.9. The predicted octanol–water partition coefficient (Wildman–Crippen LogP) is 4.66. The van der Waals surface area contributed by atoms with Gasteiger partial charge in [0.2, 0.25) is 0 Å². The minimum absolute atomic E-state index is 0.0722. The summed E-state index contributed by atoms with van der Waals surface area (Å²) < 4.78 is 95.2. The predicted molar refractivity (Wildman–Crippen MR) is 134 cm³/mol. The molecule has 1 aliphatic rings. The summed E-state index contributed by atoms with van der Waals surface area (Å²) in [6.45, 7) is 3.23. The Morgan fingerprint density at radius 2 is 1.92 bits per heavy atom. The zero-order valence-corrected chi connectivity index (χ0v) is 22.3. The van der Waals surface area contributed by atoms with Crippen molar-refractivity contribution in [2.75, 3.05) is 29.5 Å². The number of carbonyl (C=O) groups excluding carboxylic acids is 1. The summed E-state index contributed by atoms with van der Waals surface area (Å²) in [5.74, 6) is -6.78. The first-order chi connectivity index (χ1) is 18.3. The second-order valence-electron chi connectivity index (χ2n) is 8.88. The Balaban J connectivity index is 1.63. The first kappa shape index (κ1) is 28.7. The van der Waals surface area contributed by atoms with Crippen LogP contribution in [-0.2, 0) is 26.2 Å². The summed E-state index contributed by atoms with van der Waals surface area (Å²) in [6, 6.07) is 10.4.